The standard InChI is InChI=1S/C16H23N5O2S.C2HF3O2/c1-3-24(22,23)20-7-4-16(5-8-20)6-9-21-14(11-17-15(16)21)13-10-18-19(2)12-13;3-2(4,5)1(6)7/h10-12H,3-9H2,1-2H3;(H,6,7). The highest BCUT2D eigenvalue weighted by atomic mass is 32.2. The molecule has 2 aliphatic rings. The molecule has 172 valence electrons. The number of piperidine rings is 1. The number of fused-ring (bicyclic) bond motifs is 2. The van der Waals surface area contributed by atoms with Gasteiger partial charge in [-0.25, -0.2) is 22.5 Å². The minimum Gasteiger partial charge on any atom is -0.475 e. The van der Waals surface area contributed by atoms with Gasteiger partial charge in [0.2, 0.25) is 10.0 Å². The monoisotopic (exact) mass is 463 g/mol. The Morgan fingerprint density at radius 1 is 1.19 bits per heavy atom. The lowest BCUT2D eigenvalue weighted by molar-refractivity contribution is -0.192. The van der Waals surface area contributed by atoms with E-state index in [1.54, 1.807) is 15.9 Å². The van der Waals surface area contributed by atoms with E-state index in [0.29, 0.717) is 13.1 Å². The SMILES string of the molecule is CCS(=O)(=O)N1CCC2(CC1)CCn1c(-c3cnn(C)c3)cnc12.O=C(O)C(F)(F)F. The highest BCUT2D eigenvalue weighted by Gasteiger charge is 2.45. The summed E-state index contributed by atoms with van der Waals surface area (Å²) in [6.45, 7) is 3.86. The van der Waals surface area contributed by atoms with E-state index in [1.165, 1.54) is 0 Å². The number of nitrogens with zero attached hydrogens (tertiary/aromatic N) is 5. The Bertz CT molecular complexity index is 1050. The second kappa shape index (κ2) is 8.26. The van der Waals surface area contributed by atoms with Crippen LogP contribution in [0.4, 0.5) is 13.2 Å². The summed E-state index contributed by atoms with van der Waals surface area (Å²) in [5.41, 5.74) is 2.22. The first-order chi connectivity index (χ1) is 14.4. The first-order valence-corrected chi connectivity index (χ1v) is 11.3. The highest BCUT2D eigenvalue weighted by Crippen LogP contribution is 2.44. The first-order valence-electron chi connectivity index (χ1n) is 9.72. The van der Waals surface area contributed by atoms with E-state index in [0.717, 1.165) is 42.9 Å². The van der Waals surface area contributed by atoms with E-state index in [4.69, 9.17) is 14.9 Å². The largest absolute Gasteiger partial charge is 0.490 e. The van der Waals surface area contributed by atoms with Crippen LogP contribution in [0.5, 0.6) is 0 Å². The molecule has 1 spiro atoms. The van der Waals surface area contributed by atoms with Crippen molar-refractivity contribution in [3.05, 3.63) is 24.4 Å². The predicted octanol–water partition coefficient (Wildman–Crippen LogP) is 2.00. The fraction of sp³-hybridized carbons (Fsp3) is 0.611. The van der Waals surface area contributed by atoms with Gasteiger partial charge >= 0.3 is 12.1 Å². The Morgan fingerprint density at radius 2 is 1.77 bits per heavy atom. The predicted molar refractivity (Wildman–Crippen MR) is 105 cm³/mol. The van der Waals surface area contributed by atoms with Gasteiger partial charge in [-0.2, -0.15) is 18.3 Å². The van der Waals surface area contributed by atoms with E-state index < -0.39 is 22.2 Å². The lowest BCUT2D eigenvalue weighted by Crippen LogP contribution is -2.45. The van der Waals surface area contributed by atoms with E-state index in [-0.39, 0.29) is 11.2 Å². The molecule has 1 fully saturated rings. The summed E-state index contributed by atoms with van der Waals surface area (Å²) in [6, 6.07) is 0. The number of alkyl halides is 3. The lowest BCUT2D eigenvalue weighted by atomic mass is 9.77. The zero-order chi connectivity index (χ0) is 23.0. The minimum atomic E-state index is -5.08. The number of aryl methyl sites for hydroxylation is 1. The van der Waals surface area contributed by atoms with Crippen LogP contribution in [0.3, 0.4) is 0 Å². The zero-order valence-corrected chi connectivity index (χ0v) is 17.9. The average Bonchev–Trinajstić information content (AvgIpc) is 3.39. The van der Waals surface area contributed by atoms with Gasteiger partial charge in [-0.05, 0) is 26.2 Å². The maximum absolute atomic E-state index is 12.1. The number of aliphatic carboxylic acids is 1. The number of sulfonamides is 1. The molecule has 13 heteroatoms. The number of rotatable bonds is 3. The van der Waals surface area contributed by atoms with Gasteiger partial charge in [0.25, 0.3) is 0 Å². The molecule has 1 N–H and O–H groups in total. The molecule has 0 unspecified atom stereocenters. The maximum atomic E-state index is 12.1. The van der Waals surface area contributed by atoms with Gasteiger partial charge < -0.3 is 9.67 Å². The summed E-state index contributed by atoms with van der Waals surface area (Å²) >= 11 is 0. The van der Waals surface area contributed by atoms with E-state index >= 15 is 0 Å². The van der Waals surface area contributed by atoms with Crippen LogP contribution in [0, 0.1) is 0 Å². The number of hydrogen-bond donors (Lipinski definition) is 1. The van der Waals surface area contributed by atoms with Gasteiger partial charge in [0.1, 0.15) is 5.82 Å². The summed E-state index contributed by atoms with van der Waals surface area (Å²) < 4.78 is 61.7. The second-order valence-corrected chi connectivity index (χ2v) is 9.91. The third kappa shape index (κ3) is 4.61. The summed E-state index contributed by atoms with van der Waals surface area (Å²) in [4.78, 5) is 13.6. The molecule has 0 aromatic carbocycles. The molecule has 2 aromatic heterocycles. The minimum absolute atomic E-state index is 0.0280. The van der Waals surface area contributed by atoms with Crippen LogP contribution >= 0.6 is 0 Å². The van der Waals surface area contributed by atoms with Crippen molar-refractivity contribution in [2.75, 3.05) is 18.8 Å². The zero-order valence-electron chi connectivity index (χ0n) is 17.1. The number of halogens is 3. The van der Waals surface area contributed by atoms with E-state index in [9.17, 15) is 21.6 Å². The summed E-state index contributed by atoms with van der Waals surface area (Å²) in [6.07, 6.45) is 3.48. The molecule has 2 aliphatic heterocycles. The van der Waals surface area contributed by atoms with Gasteiger partial charge in [-0.3, -0.25) is 4.68 Å². The van der Waals surface area contributed by atoms with Crippen molar-refractivity contribution in [3.8, 4) is 11.3 Å². The van der Waals surface area contributed by atoms with E-state index in [1.807, 2.05) is 25.6 Å². The van der Waals surface area contributed by atoms with Crippen molar-refractivity contribution in [1.29, 1.82) is 0 Å². The molecule has 1 saturated heterocycles. The average molecular weight is 463 g/mol. The smallest absolute Gasteiger partial charge is 0.475 e. The van der Waals surface area contributed by atoms with Crippen LogP contribution in [0.1, 0.15) is 32.0 Å². The molecule has 0 bridgehead atoms. The van der Waals surface area contributed by atoms with Crippen LogP contribution in [-0.2, 0) is 33.8 Å². The van der Waals surface area contributed by atoms with Gasteiger partial charge in [0, 0.05) is 43.9 Å². The summed E-state index contributed by atoms with van der Waals surface area (Å²) in [5.74, 6) is -1.46. The van der Waals surface area contributed by atoms with Crippen LogP contribution in [-0.4, -0.2) is 68.1 Å². The second-order valence-electron chi connectivity index (χ2n) is 7.65. The fourth-order valence-corrected chi connectivity index (χ4v) is 5.20. The Kier molecular flexibility index (Phi) is 6.20. The Balaban J connectivity index is 0.000000339. The highest BCUT2D eigenvalue weighted by molar-refractivity contribution is 7.89. The lowest BCUT2D eigenvalue weighted by Gasteiger charge is -2.37. The Morgan fingerprint density at radius 3 is 2.26 bits per heavy atom. The molecule has 0 radical (unpaired) electrons. The molecule has 31 heavy (non-hydrogen) atoms. The molecule has 4 heterocycles. The van der Waals surface area contributed by atoms with Crippen LogP contribution < -0.4 is 0 Å². The molecule has 4 rings (SSSR count). The van der Waals surface area contributed by atoms with Crippen molar-refractivity contribution in [2.24, 2.45) is 7.05 Å². The van der Waals surface area contributed by atoms with Crippen molar-refractivity contribution in [2.45, 2.75) is 44.3 Å². The molecule has 0 aliphatic carbocycles. The van der Waals surface area contributed by atoms with Gasteiger partial charge in [0.15, 0.2) is 0 Å². The number of carbonyl (C=O) groups is 1. The van der Waals surface area contributed by atoms with E-state index in [2.05, 4.69) is 9.67 Å². The first kappa shape index (κ1) is 23.3. The number of imidazole rings is 1. The third-order valence-corrected chi connectivity index (χ3v) is 7.71. The topological polar surface area (TPSA) is 110 Å². The van der Waals surface area contributed by atoms with Gasteiger partial charge in [-0.15, -0.1) is 0 Å². The van der Waals surface area contributed by atoms with Crippen molar-refractivity contribution in [3.63, 3.8) is 0 Å². The third-order valence-electron chi connectivity index (χ3n) is 5.82. The van der Waals surface area contributed by atoms with Gasteiger partial charge in [-0.1, -0.05) is 0 Å². The summed E-state index contributed by atoms with van der Waals surface area (Å²) in [7, 11) is -1.17. The number of hydrogen-bond acceptors (Lipinski definition) is 5. The van der Waals surface area contributed by atoms with Crippen molar-refractivity contribution >= 4 is 16.0 Å². The molecular formula is C18H24F3N5O4S. The Labute approximate surface area is 177 Å². The quantitative estimate of drug-likeness (QED) is 0.746. The fourth-order valence-electron chi connectivity index (χ4n) is 4.10. The maximum Gasteiger partial charge on any atom is 0.490 e. The van der Waals surface area contributed by atoms with Crippen LogP contribution in [0.25, 0.3) is 11.3 Å². The molecule has 0 amide bonds. The van der Waals surface area contributed by atoms with Gasteiger partial charge in [0.05, 0.1) is 23.8 Å². The number of aromatic nitrogens is 4. The van der Waals surface area contributed by atoms with Crippen LogP contribution in [0.15, 0.2) is 18.6 Å². The normalized spacial score (nSPS) is 18.5. The van der Waals surface area contributed by atoms with Crippen molar-refractivity contribution < 1.29 is 31.5 Å². The molecule has 0 saturated carbocycles. The summed E-state index contributed by atoms with van der Waals surface area (Å²) in [5, 5.41) is 11.4. The van der Waals surface area contributed by atoms with Crippen molar-refractivity contribution in [1.82, 2.24) is 23.6 Å². The number of carboxylic acids is 1. The van der Waals surface area contributed by atoms with Crippen LogP contribution in [0.2, 0.25) is 0 Å². The molecule has 0 atom stereocenters. The molecule has 9 nitrogen and oxygen atoms in total. The molecule has 2 aromatic rings. The Hall–Kier alpha value is -2.41. The number of carboxylic acid groups (broad SMARTS) is 1. The molecular weight excluding hydrogens is 439 g/mol.